The van der Waals surface area contributed by atoms with Crippen LogP contribution < -0.4 is 0 Å². The zero-order chi connectivity index (χ0) is 73.2. The number of hydrogen-bond donors (Lipinski definition) is 1. The molecule has 111 heavy (non-hydrogen) atoms. The molecule has 0 aliphatic rings. The van der Waals surface area contributed by atoms with E-state index in [0.29, 0.717) is 5.82 Å². The van der Waals surface area contributed by atoms with Crippen molar-refractivity contribution in [1.82, 2.24) is 38.6 Å². The van der Waals surface area contributed by atoms with Crippen molar-refractivity contribution in [3.8, 4) is 62.4 Å². The van der Waals surface area contributed by atoms with Crippen LogP contribution in [0.3, 0.4) is 0 Å². The molecule has 0 unspecified atom stereocenters. The lowest BCUT2D eigenvalue weighted by Crippen LogP contribution is -1.97. The van der Waals surface area contributed by atoms with E-state index in [0.717, 1.165) is 176 Å². The van der Waals surface area contributed by atoms with Gasteiger partial charge >= 0.3 is 0 Å². The third kappa shape index (κ3) is 10.2. The number of hydrogen-bond acceptors (Lipinski definition) is 6. The van der Waals surface area contributed by atoms with Gasteiger partial charge in [-0.1, -0.05) is 271 Å². The largest absolute Gasteiger partial charge is 0.455 e. The molecule has 0 bridgehead atoms. The van der Waals surface area contributed by atoms with Gasteiger partial charge in [0.15, 0.2) is 11.6 Å². The van der Waals surface area contributed by atoms with Crippen LogP contribution in [0.15, 0.2) is 377 Å². The van der Waals surface area contributed by atoms with Crippen LogP contribution in [-0.4, -0.2) is 38.6 Å². The van der Waals surface area contributed by atoms with Crippen molar-refractivity contribution in [2.24, 2.45) is 0 Å². The average molecular weight is 1490 g/mol. The molecule has 0 spiro atoms. The highest BCUT2D eigenvalue weighted by Gasteiger charge is 2.29. The zero-order valence-corrected chi connectivity index (χ0v) is 61.1. The summed E-state index contributed by atoms with van der Waals surface area (Å²) in [5.74, 6) is 1.44. The van der Waals surface area contributed by atoms with Crippen LogP contribution in [0, 0.1) is 0 Å². The van der Waals surface area contributed by atoms with Crippen molar-refractivity contribution >= 4 is 169 Å². The number of furan rings is 2. The summed E-state index contributed by atoms with van der Waals surface area (Å²) < 4.78 is 21.8. The maximum Gasteiger partial charge on any atom is 0.160 e. The van der Waals surface area contributed by atoms with Gasteiger partial charge in [0.1, 0.15) is 22.3 Å². The Hall–Kier alpha value is -14.5. The third-order valence-electron chi connectivity index (χ3n) is 21.8. The predicted octanol–water partition coefficient (Wildman–Crippen LogP) is 27.1. The molecular formula is C100H61BrN8O2. The molecule has 0 fully saturated rings. The van der Waals surface area contributed by atoms with Gasteiger partial charge in [-0.3, -0.25) is 0 Å². The summed E-state index contributed by atoms with van der Waals surface area (Å²) in [6.07, 6.45) is 0. The maximum atomic E-state index is 6.93. The number of nitrogens with zero attached hydrogens (tertiary/aromatic N) is 7. The van der Waals surface area contributed by atoms with Crippen LogP contribution in [0.5, 0.6) is 0 Å². The molecule has 11 heteroatoms. The Morgan fingerprint density at radius 1 is 0.252 bits per heavy atom. The molecule has 8 aromatic heterocycles. The number of nitrogens with one attached hydrogen (secondary N) is 1. The third-order valence-corrected chi connectivity index (χ3v) is 22.3. The summed E-state index contributed by atoms with van der Waals surface area (Å²) in [6.45, 7) is 0. The van der Waals surface area contributed by atoms with E-state index in [-0.39, 0.29) is 0 Å². The van der Waals surface area contributed by atoms with Gasteiger partial charge in [-0.2, -0.15) is 0 Å². The van der Waals surface area contributed by atoms with Crippen molar-refractivity contribution in [3.63, 3.8) is 0 Å². The number of fused-ring (bicyclic) bond motifs is 26. The van der Waals surface area contributed by atoms with E-state index in [4.69, 9.17) is 28.8 Å². The Morgan fingerprint density at radius 3 is 1.08 bits per heavy atom. The number of H-pyrrole nitrogens is 1. The smallest absolute Gasteiger partial charge is 0.160 e. The summed E-state index contributed by atoms with van der Waals surface area (Å²) in [5.41, 5.74) is 24.0. The summed E-state index contributed by atoms with van der Waals surface area (Å²) in [7, 11) is 0. The van der Waals surface area contributed by atoms with E-state index in [2.05, 4.69) is 314 Å². The molecule has 0 amide bonds. The summed E-state index contributed by atoms with van der Waals surface area (Å²) in [5, 5.41) is 16.1. The normalized spacial score (nSPS) is 11.8. The molecule has 16 aromatic carbocycles. The van der Waals surface area contributed by atoms with E-state index >= 15 is 0 Å². The van der Waals surface area contributed by atoms with E-state index in [1.54, 1.807) is 0 Å². The minimum Gasteiger partial charge on any atom is -0.455 e. The minimum atomic E-state index is 0.698. The first-order valence-electron chi connectivity index (χ1n) is 37.2. The molecule has 8 heterocycles. The Kier molecular flexibility index (Phi) is 14.9. The standard InChI is InChI=1S/C50H30N4O.C30H18N2O.C20H13BrN2/c1-3-15-31(16-4-1)46-35-19-7-11-23-39(35)51-50(52-46)32-27-29-34(30-28-32)54-41-25-13-9-21-37(41)44-47(54)43-36-20-8-12-24-40(36)53(33-17-5-2-6-18-33)48(43)45-38-22-10-14-26-42(38)55-49(44)45;1-2-10-18(11-3-1)32-23-16-8-5-13-20(23)25-28-26(19-12-4-7-15-22(19)31-28)30-27(29(25)32)21-14-6-9-17-24(21)33-30;21-16-12-10-15(11-13-16)20-22-18-9-5-4-8-17(18)19(23-20)14-6-2-1-3-7-14/h1-30H;1-17,31H;1-13H. The summed E-state index contributed by atoms with van der Waals surface area (Å²) >= 11 is 3.47. The predicted molar refractivity (Wildman–Crippen MR) is 462 cm³/mol. The van der Waals surface area contributed by atoms with Gasteiger partial charge in [-0.15, -0.1) is 0 Å². The first-order chi connectivity index (χ1) is 55.0. The molecule has 0 saturated carbocycles. The molecule has 0 radical (unpaired) electrons. The molecule has 1 N–H and O–H groups in total. The van der Waals surface area contributed by atoms with E-state index in [1.807, 2.05) is 84.9 Å². The van der Waals surface area contributed by atoms with Crippen molar-refractivity contribution in [2.45, 2.75) is 0 Å². The topological polar surface area (TPSA) is 108 Å². The van der Waals surface area contributed by atoms with Gasteiger partial charge in [0.05, 0.1) is 82.6 Å². The number of aromatic nitrogens is 8. The van der Waals surface area contributed by atoms with Crippen molar-refractivity contribution in [1.29, 1.82) is 0 Å². The Bertz CT molecular complexity index is 7790. The van der Waals surface area contributed by atoms with Gasteiger partial charge in [0.25, 0.3) is 0 Å². The highest BCUT2D eigenvalue weighted by atomic mass is 79.9. The van der Waals surface area contributed by atoms with Crippen LogP contribution in [0.4, 0.5) is 0 Å². The number of para-hydroxylation sites is 10. The summed E-state index contributed by atoms with van der Waals surface area (Å²) in [6, 6.07) is 127. The Morgan fingerprint density at radius 2 is 0.595 bits per heavy atom. The van der Waals surface area contributed by atoms with Gasteiger partial charge < -0.3 is 27.5 Å². The molecule has 24 rings (SSSR count). The van der Waals surface area contributed by atoms with E-state index in [9.17, 15) is 0 Å². The molecule has 24 aromatic rings. The maximum absolute atomic E-state index is 6.93. The molecule has 0 aliphatic heterocycles. The molecule has 0 aliphatic carbocycles. The zero-order valence-electron chi connectivity index (χ0n) is 59.5. The van der Waals surface area contributed by atoms with Crippen molar-refractivity contribution < 1.29 is 8.83 Å². The van der Waals surface area contributed by atoms with Gasteiger partial charge in [0.2, 0.25) is 0 Å². The number of aromatic amines is 1. The minimum absolute atomic E-state index is 0.698. The van der Waals surface area contributed by atoms with E-state index in [1.165, 1.54) is 38.0 Å². The van der Waals surface area contributed by atoms with Gasteiger partial charge in [0, 0.05) is 103 Å². The molecule has 0 saturated heterocycles. The van der Waals surface area contributed by atoms with Crippen molar-refractivity contribution in [2.75, 3.05) is 0 Å². The molecule has 0 atom stereocenters. The lowest BCUT2D eigenvalue weighted by molar-refractivity contribution is 0.672. The quantitative estimate of drug-likeness (QED) is 0.170. The first-order valence-corrected chi connectivity index (χ1v) is 38.0. The van der Waals surface area contributed by atoms with Crippen LogP contribution in [0.25, 0.3) is 215 Å². The summed E-state index contributed by atoms with van der Waals surface area (Å²) in [4.78, 5) is 23.5. The van der Waals surface area contributed by atoms with Crippen molar-refractivity contribution in [3.05, 3.63) is 368 Å². The second kappa shape index (κ2) is 25.9. The van der Waals surface area contributed by atoms with Crippen LogP contribution in [0.1, 0.15) is 0 Å². The fraction of sp³-hybridized carbons (Fsp3) is 0. The second-order valence-electron chi connectivity index (χ2n) is 28.0. The fourth-order valence-electron chi connectivity index (χ4n) is 17.0. The monoisotopic (exact) mass is 1480 g/mol. The van der Waals surface area contributed by atoms with Crippen LogP contribution in [-0.2, 0) is 0 Å². The lowest BCUT2D eigenvalue weighted by Gasteiger charge is -2.12. The number of benzene rings is 16. The van der Waals surface area contributed by atoms with Gasteiger partial charge in [-0.05, 0) is 109 Å². The Balaban J connectivity index is 0.000000114. The average Bonchev–Trinajstić information content (AvgIpc) is 1.23. The van der Waals surface area contributed by atoms with Crippen LogP contribution >= 0.6 is 15.9 Å². The fourth-order valence-corrected chi connectivity index (χ4v) is 17.3. The Labute approximate surface area is 642 Å². The highest BCUT2D eigenvalue weighted by molar-refractivity contribution is 9.10. The first kappa shape index (κ1) is 63.7. The highest BCUT2D eigenvalue weighted by Crippen LogP contribution is 2.51. The molecule has 10 nitrogen and oxygen atoms in total. The number of halogens is 1. The molecular weight excluding hydrogens is 1430 g/mol. The van der Waals surface area contributed by atoms with Gasteiger partial charge in [-0.25, -0.2) is 19.9 Å². The molecule has 520 valence electrons. The number of rotatable bonds is 7. The van der Waals surface area contributed by atoms with Crippen LogP contribution in [0.2, 0.25) is 0 Å². The SMILES string of the molecule is Brc1ccc(-c2nc(-c3ccccc3)c3ccccc3n2)cc1.c1ccc(-c2nc(-c3ccc(-n4c5ccccc5c5c6oc7ccccc7c6c6c(c7ccccc7n6-c6ccccc6)c54)cc3)nc3ccccc23)cc1.c1ccc(-n2c3ccccc3c3c4[nH]c5ccccc5c4c4oc5ccccc5c4c32)cc1. The second-order valence-corrected chi connectivity index (χ2v) is 29.0. The van der Waals surface area contributed by atoms with E-state index < -0.39 is 0 Å². The lowest BCUT2D eigenvalue weighted by atomic mass is 10.0.